The third-order valence-electron chi connectivity index (χ3n) is 1.82. The van der Waals surface area contributed by atoms with Gasteiger partial charge in [0.2, 0.25) is 0 Å². The third kappa shape index (κ3) is 1.07. The molecule has 0 amide bonds. The van der Waals surface area contributed by atoms with Crippen LogP contribution in [0.15, 0.2) is 18.2 Å². The molecular formula is C9H5N3O. The van der Waals surface area contributed by atoms with E-state index in [9.17, 15) is 4.79 Å². The quantitative estimate of drug-likeness (QED) is 0.526. The highest BCUT2D eigenvalue weighted by Crippen LogP contribution is 2.20. The summed E-state index contributed by atoms with van der Waals surface area (Å²) in [6, 6.07) is 5.03. The number of aromatic nitrogens is 2. The van der Waals surface area contributed by atoms with E-state index in [4.69, 9.17) is 6.57 Å². The fourth-order valence-corrected chi connectivity index (χ4v) is 1.18. The summed E-state index contributed by atoms with van der Waals surface area (Å²) in [5.41, 5.74) is 1.62. The van der Waals surface area contributed by atoms with Crippen molar-refractivity contribution in [1.82, 2.24) is 10.2 Å². The molecule has 0 spiro atoms. The van der Waals surface area contributed by atoms with Crippen molar-refractivity contribution in [3.05, 3.63) is 35.3 Å². The van der Waals surface area contributed by atoms with Crippen LogP contribution in [0, 0.1) is 6.57 Å². The van der Waals surface area contributed by atoms with Crippen molar-refractivity contribution in [2.45, 2.75) is 0 Å². The molecule has 0 aliphatic heterocycles. The maximum Gasteiger partial charge on any atom is 0.189 e. The minimum atomic E-state index is 0.450. The molecule has 0 saturated carbocycles. The highest BCUT2D eigenvalue weighted by molar-refractivity contribution is 5.96. The molecule has 2 aromatic rings. The monoisotopic (exact) mass is 171 g/mol. The van der Waals surface area contributed by atoms with E-state index in [1.54, 1.807) is 18.2 Å². The molecule has 0 saturated heterocycles. The number of carbonyl (C=O) groups is 1. The number of nitrogens with one attached hydrogen (secondary N) is 1. The second kappa shape index (κ2) is 2.72. The van der Waals surface area contributed by atoms with E-state index in [1.165, 1.54) is 0 Å². The van der Waals surface area contributed by atoms with Gasteiger partial charge in [0.15, 0.2) is 12.0 Å². The van der Waals surface area contributed by atoms with Crippen molar-refractivity contribution in [2.75, 3.05) is 0 Å². The van der Waals surface area contributed by atoms with Gasteiger partial charge in [0.1, 0.15) is 5.69 Å². The van der Waals surface area contributed by atoms with Crippen LogP contribution in [0.4, 0.5) is 5.69 Å². The van der Waals surface area contributed by atoms with Gasteiger partial charge in [-0.1, -0.05) is 12.1 Å². The number of carbonyl (C=O) groups excluding carboxylic acids is 1. The van der Waals surface area contributed by atoms with Gasteiger partial charge in [-0.15, -0.1) is 0 Å². The standard InChI is InChI=1S/C9H5N3O/c1-10-6-2-3-7-8(4-6)11-12-9(7)5-13/h2-5H,(H,11,12). The van der Waals surface area contributed by atoms with Gasteiger partial charge in [-0.3, -0.25) is 9.89 Å². The highest BCUT2D eigenvalue weighted by Gasteiger charge is 2.03. The van der Waals surface area contributed by atoms with Crippen LogP contribution in [-0.2, 0) is 0 Å². The summed E-state index contributed by atoms with van der Waals surface area (Å²) in [7, 11) is 0. The number of benzene rings is 1. The van der Waals surface area contributed by atoms with Crippen molar-refractivity contribution >= 4 is 22.9 Å². The Morgan fingerprint density at radius 1 is 1.54 bits per heavy atom. The first-order valence-corrected chi connectivity index (χ1v) is 3.66. The topological polar surface area (TPSA) is 50.1 Å². The summed E-state index contributed by atoms with van der Waals surface area (Å²) in [5.74, 6) is 0. The maximum absolute atomic E-state index is 10.5. The van der Waals surface area contributed by atoms with E-state index in [-0.39, 0.29) is 0 Å². The Kier molecular flexibility index (Phi) is 1.57. The molecule has 0 atom stereocenters. The molecule has 13 heavy (non-hydrogen) atoms. The average Bonchev–Trinajstić information content (AvgIpc) is 2.59. The molecule has 0 aliphatic carbocycles. The molecule has 4 nitrogen and oxygen atoms in total. The fourth-order valence-electron chi connectivity index (χ4n) is 1.18. The molecule has 0 bridgehead atoms. The number of H-pyrrole nitrogens is 1. The lowest BCUT2D eigenvalue weighted by atomic mass is 10.2. The number of aldehydes is 1. The van der Waals surface area contributed by atoms with Crippen LogP contribution in [-0.4, -0.2) is 16.5 Å². The van der Waals surface area contributed by atoms with Crippen molar-refractivity contribution < 1.29 is 4.79 Å². The zero-order valence-corrected chi connectivity index (χ0v) is 6.61. The lowest BCUT2D eigenvalue weighted by Crippen LogP contribution is -1.77. The molecule has 0 aliphatic rings. The number of hydrogen-bond acceptors (Lipinski definition) is 2. The Morgan fingerprint density at radius 3 is 3.08 bits per heavy atom. The number of hydrogen-bond donors (Lipinski definition) is 1. The number of rotatable bonds is 1. The molecular weight excluding hydrogens is 166 g/mol. The summed E-state index contributed by atoms with van der Waals surface area (Å²) in [5, 5.41) is 7.24. The average molecular weight is 171 g/mol. The molecule has 62 valence electrons. The maximum atomic E-state index is 10.5. The van der Waals surface area contributed by atoms with Crippen molar-refractivity contribution in [1.29, 1.82) is 0 Å². The second-order valence-corrected chi connectivity index (χ2v) is 2.57. The van der Waals surface area contributed by atoms with E-state index < -0.39 is 0 Å². The minimum absolute atomic E-state index is 0.450. The molecule has 4 heteroatoms. The Hall–Kier alpha value is -2.15. The Labute approximate surface area is 74.0 Å². The molecule has 1 N–H and O–H groups in total. The van der Waals surface area contributed by atoms with E-state index in [0.29, 0.717) is 23.2 Å². The third-order valence-corrected chi connectivity index (χ3v) is 1.82. The molecule has 1 aromatic carbocycles. The largest absolute Gasteiger partial charge is 0.296 e. The predicted octanol–water partition coefficient (Wildman–Crippen LogP) is 1.93. The van der Waals surface area contributed by atoms with Crippen molar-refractivity contribution in [2.24, 2.45) is 0 Å². The van der Waals surface area contributed by atoms with Gasteiger partial charge >= 0.3 is 0 Å². The summed E-state index contributed by atoms with van der Waals surface area (Å²) in [4.78, 5) is 13.8. The van der Waals surface area contributed by atoms with Crippen LogP contribution in [0.5, 0.6) is 0 Å². The molecule has 0 radical (unpaired) electrons. The van der Waals surface area contributed by atoms with Crippen LogP contribution in [0.1, 0.15) is 10.5 Å². The molecule has 2 rings (SSSR count). The van der Waals surface area contributed by atoms with Gasteiger partial charge in [0.05, 0.1) is 12.1 Å². The van der Waals surface area contributed by atoms with Gasteiger partial charge < -0.3 is 0 Å². The van der Waals surface area contributed by atoms with Gasteiger partial charge in [0.25, 0.3) is 0 Å². The summed E-state index contributed by atoms with van der Waals surface area (Å²) < 4.78 is 0. The first kappa shape index (κ1) is 7.50. The SMILES string of the molecule is [C-]#[N+]c1ccc2c(C=O)[nH]nc2c1. The molecule has 0 fully saturated rings. The summed E-state index contributed by atoms with van der Waals surface area (Å²) in [6.45, 7) is 6.79. The number of aromatic amines is 1. The lowest BCUT2D eigenvalue weighted by molar-refractivity contribution is 0.112. The van der Waals surface area contributed by atoms with Gasteiger partial charge in [-0.25, -0.2) is 4.85 Å². The van der Waals surface area contributed by atoms with E-state index in [0.717, 1.165) is 5.39 Å². The van der Waals surface area contributed by atoms with Crippen molar-refractivity contribution in [3.63, 3.8) is 0 Å². The normalized spacial score (nSPS) is 9.77. The second-order valence-electron chi connectivity index (χ2n) is 2.57. The predicted molar refractivity (Wildman–Crippen MR) is 47.7 cm³/mol. The van der Waals surface area contributed by atoms with E-state index >= 15 is 0 Å². The Morgan fingerprint density at radius 2 is 2.38 bits per heavy atom. The molecule has 1 aromatic heterocycles. The lowest BCUT2D eigenvalue weighted by Gasteiger charge is -1.88. The minimum Gasteiger partial charge on any atom is -0.296 e. The zero-order valence-electron chi connectivity index (χ0n) is 6.61. The molecule has 0 unspecified atom stereocenters. The smallest absolute Gasteiger partial charge is 0.189 e. The van der Waals surface area contributed by atoms with Crippen LogP contribution >= 0.6 is 0 Å². The Balaban J connectivity index is 2.76. The Bertz CT molecular complexity index is 507. The number of fused-ring (bicyclic) bond motifs is 1. The van der Waals surface area contributed by atoms with E-state index in [2.05, 4.69) is 15.0 Å². The van der Waals surface area contributed by atoms with E-state index in [1.807, 2.05) is 0 Å². The number of nitrogens with zero attached hydrogens (tertiary/aromatic N) is 2. The first-order valence-electron chi connectivity index (χ1n) is 3.66. The van der Waals surface area contributed by atoms with Crippen LogP contribution in [0.2, 0.25) is 0 Å². The molecule has 1 heterocycles. The first-order chi connectivity index (χ1) is 6.35. The van der Waals surface area contributed by atoms with Crippen LogP contribution in [0.25, 0.3) is 15.7 Å². The van der Waals surface area contributed by atoms with Crippen LogP contribution in [0.3, 0.4) is 0 Å². The van der Waals surface area contributed by atoms with Gasteiger partial charge in [0, 0.05) is 5.39 Å². The zero-order chi connectivity index (χ0) is 9.26. The summed E-state index contributed by atoms with van der Waals surface area (Å²) >= 11 is 0. The van der Waals surface area contributed by atoms with Crippen molar-refractivity contribution in [3.8, 4) is 0 Å². The van der Waals surface area contributed by atoms with Gasteiger partial charge in [-0.2, -0.15) is 5.10 Å². The van der Waals surface area contributed by atoms with Gasteiger partial charge in [-0.05, 0) is 6.07 Å². The summed E-state index contributed by atoms with van der Waals surface area (Å²) in [6.07, 6.45) is 0.715. The van der Waals surface area contributed by atoms with Crippen LogP contribution < -0.4 is 0 Å². The fraction of sp³-hybridized carbons (Fsp3) is 0. The highest BCUT2D eigenvalue weighted by atomic mass is 16.1.